The second-order valence-electron chi connectivity index (χ2n) is 12.3. The highest BCUT2D eigenvalue weighted by Crippen LogP contribution is 2.80. The number of nitriles is 1. The zero-order valence-corrected chi connectivity index (χ0v) is 22.8. The fraction of sp³-hybridized carbons (Fsp3) is 0.412. The Bertz CT molecular complexity index is 1550. The number of nitrogens with zero attached hydrogens (tertiary/aromatic N) is 3. The molecule has 6 heteroatoms. The van der Waals surface area contributed by atoms with E-state index in [-0.39, 0.29) is 17.4 Å². The number of amides is 1. The quantitative estimate of drug-likeness (QED) is 0.408. The van der Waals surface area contributed by atoms with Crippen molar-refractivity contribution in [3.63, 3.8) is 0 Å². The van der Waals surface area contributed by atoms with Crippen LogP contribution in [0.4, 0.5) is 5.69 Å². The lowest BCUT2D eigenvalue weighted by atomic mass is 9.49. The van der Waals surface area contributed by atoms with E-state index in [1.807, 2.05) is 29.2 Å². The second kappa shape index (κ2) is 8.11. The van der Waals surface area contributed by atoms with Crippen molar-refractivity contribution < 1.29 is 14.3 Å². The van der Waals surface area contributed by atoms with E-state index in [1.165, 1.54) is 11.1 Å². The highest BCUT2D eigenvalue weighted by molar-refractivity contribution is 5.83. The third kappa shape index (κ3) is 2.65. The van der Waals surface area contributed by atoms with Crippen LogP contribution in [0.5, 0.6) is 5.75 Å². The standard InChI is InChI=1S/C34H33N3O3/c1-2-31-17-16-28(38)37-19-18-33-26-14-9-15-27(39-21-25-12-7-4-8-13-25)29(26)36(20-24-10-5-3-6-11-24)30(33)32(22-31,23-35)40-34(31,33)37/h3-15,30H,2,16-22H2,1H3/t30-,31-,32-,33-,34-/m1/s1. The maximum atomic E-state index is 13.5. The number of carbonyl (C=O) groups is 1. The van der Waals surface area contributed by atoms with Crippen LogP contribution < -0.4 is 9.64 Å². The molecule has 4 saturated heterocycles. The molecule has 5 atom stereocenters. The zero-order valence-electron chi connectivity index (χ0n) is 22.8. The van der Waals surface area contributed by atoms with Crippen LogP contribution in [0, 0.1) is 16.7 Å². The molecule has 5 aliphatic heterocycles. The first kappa shape index (κ1) is 24.0. The third-order valence-corrected chi connectivity index (χ3v) is 10.8. The fourth-order valence-corrected chi connectivity index (χ4v) is 9.46. The number of fused-ring (bicyclic) bond motifs is 3. The van der Waals surface area contributed by atoms with Crippen molar-refractivity contribution in [1.29, 1.82) is 5.26 Å². The molecule has 202 valence electrons. The summed E-state index contributed by atoms with van der Waals surface area (Å²) in [5.74, 6) is 0.988. The molecular weight excluding hydrogens is 498 g/mol. The Kier molecular flexibility index (Phi) is 4.87. The summed E-state index contributed by atoms with van der Waals surface area (Å²) >= 11 is 0. The first-order chi connectivity index (χ1) is 19.5. The van der Waals surface area contributed by atoms with Crippen LogP contribution in [0.25, 0.3) is 0 Å². The van der Waals surface area contributed by atoms with Gasteiger partial charge in [0.2, 0.25) is 5.91 Å². The molecule has 1 amide bonds. The van der Waals surface area contributed by atoms with E-state index in [4.69, 9.17) is 9.47 Å². The minimum absolute atomic E-state index is 0.162. The lowest BCUT2D eigenvalue weighted by Crippen LogP contribution is -2.71. The second-order valence-corrected chi connectivity index (χ2v) is 12.3. The Morgan fingerprint density at radius 1 is 1.00 bits per heavy atom. The van der Waals surface area contributed by atoms with Crippen LogP contribution in [-0.2, 0) is 28.1 Å². The number of benzene rings is 3. The van der Waals surface area contributed by atoms with Crippen LogP contribution in [0.15, 0.2) is 78.9 Å². The van der Waals surface area contributed by atoms with Gasteiger partial charge in [-0.25, -0.2) is 0 Å². The van der Waals surface area contributed by atoms with Crippen LogP contribution >= 0.6 is 0 Å². The molecular formula is C34H33N3O3. The summed E-state index contributed by atoms with van der Waals surface area (Å²) in [7, 11) is 0. The maximum absolute atomic E-state index is 13.5. The van der Waals surface area contributed by atoms with Crippen molar-refractivity contribution in [1.82, 2.24) is 4.90 Å². The molecule has 0 aromatic heterocycles. The molecule has 6 nitrogen and oxygen atoms in total. The van der Waals surface area contributed by atoms with E-state index in [0.717, 1.165) is 36.3 Å². The summed E-state index contributed by atoms with van der Waals surface area (Å²) in [5, 5.41) is 11.0. The highest BCUT2D eigenvalue weighted by Gasteiger charge is 2.90. The van der Waals surface area contributed by atoms with Crippen molar-refractivity contribution in [3.8, 4) is 11.8 Å². The topological polar surface area (TPSA) is 65.8 Å². The summed E-state index contributed by atoms with van der Waals surface area (Å²) in [6.45, 7) is 3.98. The molecule has 3 aromatic rings. The number of anilines is 1. The Morgan fingerprint density at radius 3 is 2.48 bits per heavy atom. The molecule has 3 aromatic carbocycles. The molecule has 40 heavy (non-hydrogen) atoms. The molecule has 2 spiro atoms. The average Bonchev–Trinajstić information content (AvgIpc) is 3.67. The van der Waals surface area contributed by atoms with Gasteiger partial charge in [-0.2, -0.15) is 5.26 Å². The number of ether oxygens (including phenoxy) is 2. The number of hydrogen-bond donors (Lipinski definition) is 0. The molecule has 5 heterocycles. The molecule has 0 N–H and O–H groups in total. The predicted octanol–water partition coefficient (Wildman–Crippen LogP) is 5.71. The summed E-state index contributed by atoms with van der Waals surface area (Å²) < 4.78 is 13.8. The van der Waals surface area contributed by atoms with Gasteiger partial charge in [-0.05, 0) is 42.0 Å². The SMILES string of the molecule is CC[C@@]12CCC(=O)N3CC[C@@]45c6cccc(OCc7ccccc7)c6N(Cc6ccccc6)[C@@H]4[C@](C#N)(C1)O[C@]325. The predicted molar refractivity (Wildman–Crippen MR) is 150 cm³/mol. The number of para-hydroxylation sites is 1. The van der Waals surface area contributed by atoms with Crippen molar-refractivity contribution in [2.45, 2.75) is 75.0 Å². The minimum atomic E-state index is -1.01. The molecule has 5 aliphatic rings. The largest absolute Gasteiger partial charge is 0.487 e. The smallest absolute Gasteiger partial charge is 0.224 e. The molecule has 0 aliphatic carbocycles. The van der Waals surface area contributed by atoms with Gasteiger partial charge < -0.3 is 19.3 Å². The van der Waals surface area contributed by atoms with Gasteiger partial charge in [0.25, 0.3) is 0 Å². The lowest BCUT2D eigenvalue weighted by Gasteiger charge is -2.57. The van der Waals surface area contributed by atoms with Crippen molar-refractivity contribution in [3.05, 3.63) is 95.6 Å². The maximum Gasteiger partial charge on any atom is 0.224 e. The van der Waals surface area contributed by atoms with Crippen molar-refractivity contribution in [2.75, 3.05) is 11.4 Å². The lowest BCUT2D eigenvalue weighted by molar-refractivity contribution is -0.204. The molecule has 2 bridgehead atoms. The Morgan fingerprint density at radius 2 is 1.75 bits per heavy atom. The van der Waals surface area contributed by atoms with E-state index in [2.05, 4.69) is 72.5 Å². The Hall–Kier alpha value is -3.82. The minimum Gasteiger partial charge on any atom is -0.487 e. The first-order valence-corrected chi connectivity index (χ1v) is 14.6. The van der Waals surface area contributed by atoms with Crippen LogP contribution in [-0.4, -0.2) is 34.7 Å². The zero-order chi connectivity index (χ0) is 27.2. The van der Waals surface area contributed by atoms with Gasteiger partial charge >= 0.3 is 0 Å². The van der Waals surface area contributed by atoms with Gasteiger partial charge in [-0.1, -0.05) is 79.7 Å². The van der Waals surface area contributed by atoms with Gasteiger partial charge in [0.05, 0.1) is 17.1 Å². The Labute approximate surface area is 235 Å². The highest BCUT2D eigenvalue weighted by atomic mass is 16.6. The van der Waals surface area contributed by atoms with Crippen LogP contribution in [0.3, 0.4) is 0 Å². The Balaban J connectivity index is 1.35. The number of piperidine rings is 1. The van der Waals surface area contributed by atoms with Gasteiger partial charge in [0.15, 0.2) is 11.3 Å². The van der Waals surface area contributed by atoms with Crippen LogP contribution in [0.1, 0.15) is 55.7 Å². The van der Waals surface area contributed by atoms with Gasteiger partial charge in [-0.15, -0.1) is 0 Å². The first-order valence-electron chi connectivity index (χ1n) is 14.6. The number of hydrogen-bond acceptors (Lipinski definition) is 5. The molecule has 0 radical (unpaired) electrons. The van der Waals surface area contributed by atoms with Crippen molar-refractivity contribution in [2.24, 2.45) is 5.41 Å². The van der Waals surface area contributed by atoms with E-state index < -0.39 is 16.7 Å². The third-order valence-electron chi connectivity index (χ3n) is 10.8. The summed E-state index contributed by atoms with van der Waals surface area (Å²) in [5.41, 5.74) is 1.94. The average molecular weight is 532 g/mol. The monoisotopic (exact) mass is 531 g/mol. The van der Waals surface area contributed by atoms with Gasteiger partial charge in [-0.3, -0.25) is 4.79 Å². The van der Waals surface area contributed by atoms with Crippen LogP contribution in [0.2, 0.25) is 0 Å². The van der Waals surface area contributed by atoms with Gasteiger partial charge in [0, 0.05) is 31.3 Å². The number of carbonyl (C=O) groups excluding carboxylic acids is 1. The van der Waals surface area contributed by atoms with E-state index >= 15 is 0 Å². The van der Waals surface area contributed by atoms with E-state index in [9.17, 15) is 10.1 Å². The summed E-state index contributed by atoms with van der Waals surface area (Å²) in [4.78, 5) is 18.0. The van der Waals surface area contributed by atoms with E-state index in [1.54, 1.807) is 0 Å². The van der Waals surface area contributed by atoms with Crippen molar-refractivity contribution >= 4 is 11.6 Å². The van der Waals surface area contributed by atoms with E-state index in [0.29, 0.717) is 32.5 Å². The molecule has 0 unspecified atom stereocenters. The van der Waals surface area contributed by atoms with Gasteiger partial charge in [0.1, 0.15) is 18.4 Å². The summed E-state index contributed by atoms with van der Waals surface area (Å²) in [6, 6.07) is 29.6. The fourth-order valence-electron chi connectivity index (χ4n) is 9.46. The molecule has 4 fully saturated rings. The number of rotatable bonds is 6. The summed E-state index contributed by atoms with van der Waals surface area (Å²) in [6.07, 6.45) is 3.63. The normalized spacial score (nSPS) is 34.4. The molecule has 0 saturated carbocycles. The molecule has 8 rings (SSSR count).